The van der Waals surface area contributed by atoms with E-state index < -0.39 is 0 Å². The number of hydrogen-bond acceptors (Lipinski definition) is 2. The Morgan fingerprint density at radius 3 is 1.95 bits per heavy atom. The highest BCUT2D eigenvalue weighted by Crippen LogP contribution is 2.07. The molecular weight excluding hydrogens is 283 g/mol. The van der Waals surface area contributed by atoms with Gasteiger partial charge in [-0.15, -0.1) is 31.4 Å². The lowest BCUT2D eigenvalue weighted by atomic mass is 10.3. The van der Waals surface area contributed by atoms with Gasteiger partial charge in [0.1, 0.15) is 0 Å². The summed E-state index contributed by atoms with van der Waals surface area (Å²) < 4.78 is 0.845. The molecule has 0 aliphatic carbocycles. The van der Waals surface area contributed by atoms with E-state index in [9.17, 15) is 0 Å². The number of hydroxylamine groups is 1. The standard InChI is InChI=1S/C11H27N2O.C3H6.2ClH/c1-6-8-9-10-12-14-11(7-2)13(3,4)5;1-3-2;;/h11-12H,6-10H2,1-5H3;3H,1H2,2H3;2*1H/q+1;;;. The lowest BCUT2D eigenvalue weighted by molar-refractivity contribution is -0.922. The fourth-order valence-electron chi connectivity index (χ4n) is 1.39. The molecule has 0 spiro atoms. The van der Waals surface area contributed by atoms with Crippen molar-refractivity contribution < 1.29 is 9.32 Å². The first-order valence-corrected chi connectivity index (χ1v) is 6.70. The zero-order valence-electron chi connectivity index (χ0n) is 13.6. The smallest absolute Gasteiger partial charge is 0.210 e. The van der Waals surface area contributed by atoms with Crippen LogP contribution in [0.1, 0.15) is 46.5 Å². The van der Waals surface area contributed by atoms with Crippen molar-refractivity contribution in [2.24, 2.45) is 0 Å². The van der Waals surface area contributed by atoms with Crippen molar-refractivity contribution in [2.75, 3.05) is 27.7 Å². The Bertz CT molecular complexity index is 173. The molecular formula is C14H35Cl2N2O+. The summed E-state index contributed by atoms with van der Waals surface area (Å²) in [5.74, 6) is 0. The Hall–Kier alpha value is 0.200. The maximum Gasteiger partial charge on any atom is 0.210 e. The Labute approximate surface area is 133 Å². The number of unbranched alkanes of at least 4 members (excludes halogenated alkanes) is 2. The Balaban J connectivity index is -0.000000204. The fraction of sp³-hybridized carbons (Fsp3) is 0.857. The number of nitrogens with zero attached hydrogens (tertiary/aromatic N) is 1. The molecule has 0 aromatic rings. The summed E-state index contributed by atoms with van der Waals surface area (Å²) in [6, 6.07) is 0. The van der Waals surface area contributed by atoms with Gasteiger partial charge in [-0.2, -0.15) is 5.48 Å². The third kappa shape index (κ3) is 20.7. The van der Waals surface area contributed by atoms with Gasteiger partial charge < -0.3 is 4.48 Å². The molecule has 1 atom stereocenters. The van der Waals surface area contributed by atoms with Crippen LogP contribution in [0.15, 0.2) is 12.7 Å². The molecule has 0 amide bonds. The van der Waals surface area contributed by atoms with Crippen LogP contribution in [0.5, 0.6) is 0 Å². The second-order valence-corrected chi connectivity index (χ2v) is 5.11. The van der Waals surface area contributed by atoms with Gasteiger partial charge in [0.05, 0.1) is 21.1 Å². The number of hydrogen-bond donors (Lipinski definition) is 1. The molecule has 1 N–H and O–H groups in total. The Kier molecular flexibility index (Phi) is 26.4. The zero-order valence-corrected chi connectivity index (χ0v) is 15.2. The molecule has 0 saturated heterocycles. The number of quaternary nitrogens is 1. The number of halogens is 2. The van der Waals surface area contributed by atoms with Crippen LogP contribution in [0, 0.1) is 0 Å². The summed E-state index contributed by atoms with van der Waals surface area (Å²) in [4.78, 5) is 5.62. The maximum atomic E-state index is 5.62. The molecule has 5 heteroatoms. The van der Waals surface area contributed by atoms with Crippen molar-refractivity contribution in [3.8, 4) is 0 Å². The second kappa shape index (κ2) is 18.2. The molecule has 0 rings (SSSR count). The van der Waals surface area contributed by atoms with Gasteiger partial charge in [-0.25, -0.2) is 4.84 Å². The Morgan fingerprint density at radius 1 is 1.16 bits per heavy atom. The van der Waals surface area contributed by atoms with Gasteiger partial charge >= 0.3 is 0 Å². The molecule has 19 heavy (non-hydrogen) atoms. The highest BCUT2D eigenvalue weighted by Gasteiger charge is 2.22. The van der Waals surface area contributed by atoms with Crippen molar-refractivity contribution in [1.82, 2.24) is 5.48 Å². The minimum atomic E-state index is 0. The average molecular weight is 318 g/mol. The quantitative estimate of drug-likeness (QED) is 0.238. The van der Waals surface area contributed by atoms with Crippen molar-refractivity contribution >= 4 is 24.8 Å². The molecule has 1 unspecified atom stereocenters. The van der Waals surface area contributed by atoms with Gasteiger partial charge in [0.2, 0.25) is 6.23 Å². The number of rotatable bonds is 8. The topological polar surface area (TPSA) is 21.3 Å². The first kappa shape index (κ1) is 27.5. The monoisotopic (exact) mass is 317 g/mol. The predicted molar refractivity (Wildman–Crippen MR) is 91.1 cm³/mol. The lowest BCUT2D eigenvalue weighted by Crippen LogP contribution is -2.48. The van der Waals surface area contributed by atoms with Crippen LogP contribution in [0.4, 0.5) is 0 Å². The highest BCUT2D eigenvalue weighted by atomic mass is 35.5. The molecule has 0 heterocycles. The van der Waals surface area contributed by atoms with Crippen molar-refractivity contribution in [3.63, 3.8) is 0 Å². The van der Waals surface area contributed by atoms with E-state index in [4.69, 9.17) is 4.84 Å². The third-order valence-corrected chi connectivity index (χ3v) is 2.31. The molecule has 0 saturated carbocycles. The molecule has 0 radical (unpaired) electrons. The summed E-state index contributed by atoms with van der Waals surface area (Å²) in [6.07, 6.45) is 6.76. The van der Waals surface area contributed by atoms with Crippen LogP contribution in [-0.2, 0) is 4.84 Å². The lowest BCUT2D eigenvalue weighted by Gasteiger charge is -2.32. The van der Waals surface area contributed by atoms with E-state index in [0.717, 1.165) is 17.4 Å². The van der Waals surface area contributed by atoms with Crippen LogP contribution in [0.25, 0.3) is 0 Å². The van der Waals surface area contributed by atoms with Crippen molar-refractivity contribution in [2.45, 2.75) is 52.7 Å². The predicted octanol–water partition coefficient (Wildman–Crippen LogP) is 4.18. The molecule has 0 aliphatic heterocycles. The van der Waals surface area contributed by atoms with E-state index in [1.165, 1.54) is 19.3 Å². The van der Waals surface area contributed by atoms with Gasteiger partial charge in [0, 0.05) is 13.0 Å². The van der Waals surface area contributed by atoms with Gasteiger partial charge in [-0.1, -0.05) is 32.8 Å². The molecule has 0 bridgehead atoms. The minimum absolute atomic E-state index is 0. The van der Waals surface area contributed by atoms with Crippen molar-refractivity contribution in [1.29, 1.82) is 0 Å². The average Bonchev–Trinajstić information content (AvgIpc) is 2.22. The van der Waals surface area contributed by atoms with Gasteiger partial charge in [0.15, 0.2) is 0 Å². The number of allylic oxidation sites excluding steroid dienone is 1. The van der Waals surface area contributed by atoms with Crippen LogP contribution in [0.3, 0.4) is 0 Å². The molecule has 0 aliphatic rings. The first-order chi connectivity index (χ1) is 7.93. The largest absolute Gasteiger partial charge is 0.305 e. The maximum absolute atomic E-state index is 5.62. The van der Waals surface area contributed by atoms with E-state index >= 15 is 0 Å². The normalized spacial score (nSPS) is 11.3. The summed E-state index contributed by atoms with van der Waals surface area (Å²) >= 11 is 0. The Morgan fingerprint density at radius 2 is 1.63 bits per heavy atom. The minimum Gasteiger partial charge on any atom is -0.305 e. The zero-order chi connectivity index (χ0) is 13.7. The molecule has 0 fully saturated rings. The summed E-state index contributed by atoms with van der Waals surface area (Å²) in [5, 5.41) is 0. The van der Waals surface area contributed by atoms with Crippen LogP contribution >= 0.6 is 24.8 Å². The van der Waals surface area contributed by atoms with E-state index in [-0.39, 0.29) is 31.0 Å². The summed E-state index contributed by atoms with van der Waals surface area (Å²) in [5.41, 5.74) is 3.06. The van der Waals surface area contributed by atoms with E-state index in [2.05, 4.69) is 47.0 Å². The second-order valence-electron chi connectivity index (χ2n) is 5.11. The fourth-order valence-corrected chi connectivity index (χ4v) is 1.39. The van der Waals surface area contributed by atoms with Gasteiger partial charge in [-0.3, -0.25) is 0 Å². The molecule has 3 nitrogen and oxygen atoms in total. The molecule has 0 aromatic heterocycles. The van der Waals surface area contributed by atoms with E-state index in [1.807, 2.05) is 6.92 Å². The van der Waals surface area contributed by atoms with E-state index in [1.54, 1.807) is 6.08 Å². The van der Waals surface area contributed by atoms with Crippen LogP contribution in [-0.4, -0.2) is 38.4 Å². The first-order valence-electron chi connectivity index (χ1n) is 6.70. The van der Waals surface area contributed by atoms with Crippen molar-refractivity contribution in [3.05, 3.63) is 12.7 Å². The van der Waals surface area contributed by atoms with Crippen LogP contribution in [0.2, 0.25) is 0 Å². The summed E-state index contributed by atoms with van der Waals surface area (Å²) in [6.45, 7) is 10.6. The SMILES string of the molecule is C=CC.CCCCCNOC(CC)[N+](C)(C)C.Cl.Cl. The molecule has 0 aromatic carbocycles. The highest BCUT2D eigenvalue weighted by molar-refractivity contribution is 5.85. The van der Waals surface area contributed by atoms with Gasteiger partial charge in [-0.05, 0) is 13.3 Å². The summed E-state index contributed by atoms with van der Waals surface area (Å²) in [7, 11) is 6.46. The van der Waals surface area contributed by atoms with E-state index in [0.29, 0.717) is 0 Å². The van der Waals surface area contributed by atoms with Crippen LogP contribution < -0.4 is 5.48 Å². The third-order valence-electron chi connectivity index (χ3n) is 2.31. The number of nitrogens with one attached hydrogen (secondary N) is 1. The van der Waals surface area contributed by atoms with Gasteiger partial charge in [0.25, 0.3) is 0 Å². The molecule has 120 valence electrons.